The molecule has 4 aromatic carbocycles. The lowest BCUT2D eigenvalue weighted by Gasteiger charge is -2.17. The molecule has 208 valence electrons. The van der Waals surface area contributed by atoms with Gasteiger partial charge in [-0.1, -0.05) is 66.7 Å². The number of anilines is 1. The highest BCUT2D eigenvalue weighted by molar-refractivity contribution is 5.97. The molecule has 0 aliphatic heterocycles. The number of benzene rings is 4. The van der Waals surface area contributed by atoms with Gasteiger partial charge in [-0.2, -0.15) is 18.3 Å². The molecule has 0 bridgehead atoms. The zero-order chi connectivity index (χ0) is 29.1. The van der Waals surface area contributed by atoms with E-state index < -0.39 is 17.7 Å². The SMILES string of the molecule is Cc1c(CC(=O)O)ccc(NCc2cccc(-c3c(Cc4ccccc4)nnc4c(C(F)(F)F)cccc34)c2)c1C. The van der Waals surface area contributed by atoms with Crippen LogP contribution in [0.2, 0.25) is 0 Å². The van der Waals surface area contributed by atoms with Crippen molar-refractivity contribution in [1.82, 2.24) is 10.2 Å². The number of fused-ring (bicyclic) bond motifs is 1. The molecular formula is C33H28F3N3O2. The predicted molar refractivity (Wildman–Crippen MR) is 154 cm³/mol. The highest BCUT2D eigenvalue weighted by Crippen LogP contribution is 2.38. The van der Waals surface area contributed by atoms with Gasteiger partial charge in [0.15, 0.2) is 0 Å². The van der Waals surface area contributed by atoms with Crippen LogP contribution in [0.15, 0.2) is 84.9 Å². The second-order valence-electron chi connectivity index (χ2n) is 10.0. The molecule has 5 rings (SSSR count). The van der Waals surface area contributed by atoms with Gasteiger partial charge in [0.05, 0.1) is 17.7 Å². The van der Waals surface area contributed by atoms with Crippen LogP contribution in [0.25, 0.3) is 22.0 Å². The molecule has 5 aromatic rings. The van der Waals surface area contributed by atoms with Crippen molar-refractivity contribution < 1.29 is 23.1 Å². The summed E-state index contributed by atoms with van der Waals surface area (Å²) in [5.74, 6) is -0.878. The van der Waals surface area contributed by atoms with Crippen molar-refractivity contribution in [3.8, 4) is 11.1 Å². The Morgan fingerprint density at radius 1 is 0.854 bits per heavy atom. The van der Waals surface area contributed by atoms with Gasteiger partial charge in [0, 0.05) is 29.6 Å². The van der Waals surface area contributed by atoms with Crippen molar-refractivity contribution in [1.29, 1.82) is 0 Å². The summed E-state index contributed by atoms with van der Waals surface area (Å²) in [6.07, 6.45) is -4.18. The number of nitrogens with zero attached hydrogens (tertiary/aromatic N) is 2. The van der Waals surface area contributed by atoms with Crippen LogP contribution in [-0.2, 0) is 30.4 Å². The highest BCUT2D eigenvalue weighted by atomic mass is 19.4. The van der Waals surface area contributed by atoms with Crippen molar-refractivity contribution in [2.75, 3.05) is 5.32 Å². The highest BCUT2D eigenvalue weighted by Gasteiger charge is 2.34. The summed E-state index contributed by atoms with van der Waals surface area (Å²) in [4.78, 5) is 11.2. The lowest BCUT2D eigenvalue weighted by atomic mass is 9.93. The average molecular weight is 556 g/mol. The number of carbonyl (C=O) groups is 1. The van der Waals surface area contributed by atoms with Crippen LogP contribution in [0.5, 0.6) is 0 Å². The van der Waals surface area contributed by atoms with Gasteiger partial charge in [0.1, 0.15) is 5.52 Å². The smallest absolute Gasteiger partial charge is 0.418 e. The first kappa shape index (κ1) is 27.8. The third-order valence-electron chi connectivity index (χ3n) is 7.32. The number of rotatable bonds is 8. The summed E-state index contributed by atoms with van der Waals surface area (Å²) in [5.41, 5.74) is 6.42. The number of alkyl halides is 3. The van der Waals surface area contributed by atoms with E-state index in [1.165, 1.54) is 6.07 Å². The molecule has 1 heterocycles. The number of aromatic nitrogens is 2. The van der Waals surface area contributed by atoms with Crippen LogP contribution in [0.4, 0.5) is 18.9 Å². The van der Waals surface area contributed by atoms with Gasteiger partial charge in [-0.15, -0.1) is 5.10 Å². The van der Waals surface area contributed by atoms with E-state index in [9.17, 15) is 18.0 Å². The zero-order valence-corrected chi connectivity index (χ0v) is 22.6. The monoisotopic (exact) mass is 555 g/mol. The lowest BCUT2D eigenvalue weighted by Crippen LogP contribution is -2.09. The van der Waals surface area contributed by atoms with Crippen molar-refractivity contribution >= 4 is 22.6 Å². The molecule has 0 saturated carbocycles. The summed E-state index contributed by atoms with van der Waals surface area (Å²) < 4.78 is 41.6. The number of carboxylic acids is 1. The van der Waals surface area contributed by atoms with E-state index in [4.69, 9.17) is 5.11 Å². The summed E-state index contributed by atoms with van der Waals surface area (Å²) in [7, 11) is 0. The van der Waals surface area contributed by atoms with Crippen molar-refractivity contribution in [2.24, 2.45) is 0 Å². The van der Waals surface area contributed by atoms with E-state index in [0.717, 1.165) is 45.1 Å². The predicted octanol–water partition coefficient (Wildman–Crippen LogP) is 7.76. The Kier molecular flexibility index (Phi) is 7.75. The largest absolute Gasteiger partial charge is 0.481 e. The molecular weight excluding hydrogens is 527 g/mol. The molecule has 0 fully saturated rings. The Hall–Kier alpha value is -4.72. The van der Waals surface area contributed by atoms with E-state index in [0.29, 0.717) is 29.6 Å². The van der Waals surface area contributed by atoms with Crippen LogP contribution in [-0.4, -0.2) is 21.3 Å². The molecule has 0 spiro atoms. The molecule has 1 aromatic heterocycles. The fourth-order valence-electron chi connectivity index (χ4n) is 5.09. The number of aliphatic carboxylic acids is 1. The van der Waals surface area contributed by atoms with Gasteiger partial charge in [-0.3, -0.25) is 4.79 Å². The quantitative estimate of drug-likeness (QED) is 0.205. The van der Waals surface area contributed by atoms with E-state index in [1.54, 1.807) is 6.07 Å². The van der Waals surface area contributed by atoms with Crippen molar-refractivity contribution in [3.05, 3.63) is 124 Å². The summed E-state index contributed by atoms with van der Waals surface area (Å²) in [6, 6.07) is 25.1. The lowest BCUT2D eigenvalue weighted by molar-refractivity contribution is -0.137. The van der Waals surface area contributed by atoms with Crippen LogP contribution in [0, 0.1) is 13.8 Å². The number of halogens is 3. The second-order valence-corrected chi connectivity index (χ2v) is 10.0. The first-order chi connectivity index (χ1) is 19.6. The Morgan fingerprint density at radius 3 is 2.32 bits per heavy atom. The fourth-order valence-corrected chi connectivity index (χ4v) is 5.09. The number of hydrogen-bond donors (Lipinski definition) is 2. The average Bonchev–Trinajstić information content (AvgIpc) is 2.94. The van der Waals surface area contributed by atoms with Gasteiger partial charge in [0.25, 0.3) is 0 Å². The van der Waals surface area contributed by atoms with Crippen LogP contribution >= 0.6 is 0 Å². The standard InChI is InChI=1S/C33H28F3N3O2/c1-20-21(2)28(15-14-24(20)18-30(40)41)37-19-23-10-6-11-25(16-23)31-26-12-7-13-27(33(34,35)36)32(26)39-38-29(31)17-22-8-4-3-5-9-22/h3-16,37H,17-19H2,1-2H3,(H,40,41). The van der Waals surface area contributed by atoms with Crippen molar-refractivity contribution in [2.45, 2.75) is 39.4 Å². The van der Waals surface area contributed by atoms with Gasteiger partial charge in [0.2, 0.25) is 0 Å². The Bertz CT molecular complexity index is 1730. The molecule has 0 aliphatic rings. The first-order valence-electron chi connectivity index (χ1n) is 13.1. The number of hydrogen-bond acceptors (Lipinski definition) is 4. The Balaban J connectivity index is 1.54. The fraction of sp³-hybridized carbons (Fsp3) is 0.182. The Labute approximate surface area is 235 Å². The Morgan fingerprint density at radius 2 is 1.59 bits per heavy atom. The van der Waals surface area contributed by atoms with E-state index in [-0.39, 0.29) is 11.9 Å². The molecule has 41 heavy (non-hydrogen) atoms. The van der Waals surface area contributed by atoms with E-state index >= 15 is 0 Å². The normalized spacial score (nSPS) is 11.5. The summed E-state index contributed by atoms with van der Waals surface area (Å²) >= 11 is 0. The van der Waals surface area contributed by atoms with Gasteiger partial charge in [-0.25, -0.2) is 0 Å². The van der Waals surface area contributed by atoms with Crippen LogP contribution in [0.1, 0.15) is 39.1 Å². The molecule has 0 unspecified atom stereocenters. The minimum atomic E-state index is -4.56. The van der Waals surface area contributed by atoms with Gasteiger partial charge >= 0.3 is 12.1 Å². The zero-order valence-electron chi connectivity index (χ0n) is 22.6. The first-order valence-corrected chi connectivity index (χ1v) is 13.1. The van der Waals surface area contributed by atoms with Gasteiger partial charge < -0.3 is 10.4 Å². The third-order valence-corrected chi connectivity index (χ3v) is 7.32. The summed E-state index contributed by atoms with van der Waals surface area (Å²) in [5, 5.41) is 21.4. The second kappa shape index (κ2) is 11.4. The molecule has 0 atom stereocenters. The maximum Gasteiger partial charge on any atom is 0.418 e. The number of nitrogens with one attached hydrogen (secondary N) is 1. The van der Waals surface area contributed by atoms with E-state index in [1.807, 2.05) is 80.6 Å². The molecule has 0 radical (unpaired) electrons. The summed E-state index contributed by atoms with van der Waals surface area (Å²) in [6.45, 7) is 4.32. The van der Waals surface area contributed by atoms with Crippen molar-refractivity contribution in [3.63, 3.8) is 0 Å². The molecule has 2 N–H and O–H groups in total. The maximum absolute atomic E-state index is 13.9. The molecule has 0 amide bonds. The molecule has 5 nitrogen and oxygen atoms in total. The molecule has 0 saturated heterocycles. The molecule has 0 aliphatic carbocycles. The minimum absolute atomic E-state index is 0.0374. The number of carboxylic acid groups (broad SMARTS) is 1. The van der Waals surface area contributed by atoms with Gasteiger partial charge in [-0.05, 0) is 65.4 Å². The van der Waals surface area contributed by atoms with Crippen LogP contribution in [0.3, 0.4) is 0 Å². The maximum atomic E-state index is 13.9. The minimum Gasteiger partial charge on any atom is -0.481 e. The topological polar surface area (TPSA) is 75.1 Å². The third kappa shape index (κ3) is 6.06. The molecule has 8 heteroatoms. The van der Waals surface area contributed by atoms with Crippen LogP contribution < -0.4 is 5.32 Å². The van der Waals surface area contributed by atoms with E-state index in [2.05, 4.69) is 15.5 Å².